The van der Waals surface area contributed by atoms with E-state index in [2.05, 4.69) is 13.0 Å². The second-order valence-corrected chi connectivity index (χ2v) is 4.44. The monoisotopic (exact) mass is 197 g/mol. The highest BCUT2D eigenvalue weighted by Crippen LogP contribution is 1.79. The van der Waals surface area contributed by atoms with Gasteiger partial charge in [-0.15, -0.1) is 0 Å². The first-order valence-electron chi connectivity index (χ1n) is 1.54. The number of halogens is 1. The molecule has 1 aliphatic rings. The Kier molecular flexibility index (Phi) is 1.09. The molecule has 0 saturated carbocycles. The molecule has 1 heterocycles. The molecule has 0 bridgehead atoms. The zero-order valence-electron chi connectivity index (χ0n) is 3.24. The molecule has 1 rings (SSSR count). The van der Waals surface area contributed by atoms with Gasteiger partial charge in [0.1, 0.15) is 0 Å². The van der Waals surface area contributed by atoms with Crippen molar-refractivity contribution in [2.45, 2.75) is 0 Å². The first kappa shape index (κ1) is 4.11. The van der Waals surface area contributed by atoms with Gasteiger partial charge in [0.15, 0.2) is 4.14 Å². The molecule has 0 aliphatic carbocycles. The van der Waals surface area contributed by atoms with Crippen molar-refractivity contribution in [2.75, 3.05) is 0 Å². The summed E-state index contributed by atoms with van der Waals surface area (Å²) in [5, 5.41) is 2.92. The third-order valence-electron chi connectivity index (χ3n) is 0.473. The normalized spacial score (nSPS) is 20.0. The first-order valence-corrected chi connectivity index (χ1v) is 5.39. The van der Waals surface area contributed by atoms with Crippen molar-refractivity contribution < 1.29 is 3.21 Å². The zero-order chi connectivity index (χ0) is 4.41. The second-order valence-electron chi connectivity index (χ2n) is 0.926. The molecule has 0 saturated heterocycles. The van der Waals surface area contributed by atoms with E-state index in [1.807, 2.05) is 10.5 Å². The quantitative estimate of drug-likeness (QED) is 0.351. The largest absolute Gasteiger partial charge is 0.246 e. The fourth-order valence-corrected chi connectivity index (χ4v) is 1.61. The molecule has 0 unspecified atom stereocenters. The van der Waals surface area contributed by atoms with Crippen LogP contribution in [-0.2, 0) is 0 Å². The number of nitrogens with one attached hydrogen (secondary N) is 2. The molecule has 2 N–H and O–H groups in total. The van der Waals surface area contributed by atoms with Crippen LogP contribution in [0.4, 0.5) is 0 Å². The summed E-state index contributed by atoms with van der Waals surface area (Å²) in [6.07, 6.45) is 1.83. The third-order valence-corrected chi connectivity index (χ3v) is 2.70. The zero-order valence-corrected chi connectivity index (χ0v) is 5.40. The fourth-order valence-electron chi connectivity index (χ4n) is 0.241. The summed E-state index contributed by atoms with van der Waals surface area (Å²) in [7, 11) is 0. The SMILES string of the molecule is C=I1=CNC=[NH+]1. The highest BCUT2D eigenvalue weighted by atomic mass is 127. The molecule has 0 atom stereocenters. The van der Waals surface area contributed by atoms with Crippen LogP contribution >= 0.6 is 19.1 Å². The molecule has 0 fully saturated rings. The topological polar surface area (TPSA) is 26.0 Å². The van der Waals surface area contributed by atoms with Crippen LogP contribution in [0.3, 0.4) is 0 Å². The fraction of sp³-hybridized carbons (Fsp3) is 0. The smallest absolute Gasteiger partial charge is 0.242 e. The number of hydrogen-bond acceptors (Lipinski definition) is 1. The minimum atomic E-state index is -0.981. The molecule has 1 aliphatic heterocycles. The van der Waals surface area contributed by atoms with Crippen LogP contribution in [0.1, 0.15) is 0 Å². The molecule has 0 aromatic carbocycles. The summed E-state index contributed by atoms with van der Waals surface area (Å²) in [5.74, 6) is 0. The van der Waals surface area contributed by atoms with E-state index >= 15 is 0 Å². The van der Waals surface area contributed by atoms with E-state index in [1.54, 1.807) is 0 Å². The van der Waals surface area contributed by atoms with Gasteiger partial charge >= 0.3 is 0 Å². The predicted molar refractivity (Wildman–Crippen MR) is 37.4 cm³/mol. The van der Waals surface area contributed by atoms with Crippen LogP contribution < -0.4 is 8.52 Å². The molecule has 0 radical (unpaired) electrons. The number of hydrogen-bond donors (Lipinski definition) is 2. The van der Waals surface area contributed by atoms with Gasteiger partial charge in [-0.3, -0.25) is 0 Å². The van der Waals surface area contributed by atoms with Gasteiger partial charge in [-0.1, -0.05) is 0 Å². The van der Waals surface area contributed by atoms with E-state index < -0.39 is 19.1 Å². The summed E-state index contributed by atoms with van der Waals surface area (Å²) < 4.78 is 8.94. The van der Waals surface area contributed by atoms with Crippen LogP contribution in [0.15, 0.2) is 0 Å². The lowest BCUT2D eigenvalue weighted by Gasteiger charge is -1.56. The first-order chi connectivity index (χ1) is 2.89. The molecule has 0 amide bonds. The van der Waals surface area contributed by atoms with E-state index in [-0.39, 0.29) is 0 Å². The molecular weight excluding hydrogens is 191 g/mol. The summed E-state index contributed by atoms with van der Waals surface area (Å²) in [4.78, 5) is 0. The molecule has 6 heavy (non-hydrogen) atoms. The van der Waals surface area contributed by atoms with Crippen LogP contribution in [0.5, 0.6) is 0 Å². The van der Waals surface area contributed by atoms with Gasteiger partial charge < -0.3 is 0 Å². The third kappa shape index (κ3) is 0.707. The lowest BCUT2D eigenvalue weighted by Crippen LogP contribution is -2.55. The Morgan fingerprint density at radius 1 is 1.83 bits per heavy atom. The van der Waals surface area contributed by atoms with Crippen LogP contribution in [0.25, 0.3) is 0 Å². The number of rotatable bonds is 0. The van der Waals surface area contributed by atoms with Crippen molar-refractivity contribution >= 4 is 34.1 Å². The molecule has 34 valence electrons. The van der Waals surface area contributed by atoms with Gasteiger partial charge in [0.05, 0.1) is 19.1 Å². The molecule has 2 nitrogen and oxygen atoms in total. The van der Waals surface area contributed by atoms with E-state index in [1.165, 1.54) is 0 Å². The molecule has 0 spiro atoms. The average Bonchev–Trinajstić information content (AvgIpc) is 1.86. The standard InChI is InChI=1S/C3H5IN2/c1-4-2-5-3-6-4/h2-3H,1H2,(H,5,6)/p+1. The maximum atomic E-state index is 3.83. The second kappa shape index (κ2) is 1.59. The maximum absolute atomic E-state index is 3.83. The highest BCUT2D eigenvalue weighted by Gasteiger charge is 1.83. The minimum Gasteiger partial charge on any atom is -0.246 e. The van der Waals surface area contributed by atoms with E-state index in [0.29, 0.717) is 0 Å². The van der Waals surface area contributed by atoms with Crippen molar-refractivity contribution in [1.29, 1.82) is 0 Å². The predicted octanol–water partition coefficient (Wildman–Crippen LogP) is -1.69. The Morgan fingerprint density at radius 2 is 2.67 bits per heavy atom. The van der Waals surface area contributed by atoms with Gasteiger partial charge in [0.25, 0.3) is 0 Å². The molecule has 0 aromatic rings. The van der Waals surface area contributed by atoms with Crippen molar-refractivity contribution in [3.05, 3.63) is 0 Å². The van der Waals surface area contributed by atoms with Crippen LogP contribution in [-0.4, -0.2) is 15.0 Å². The summed E-state index contributed by atoms with van der Waals surface area (Å²) >= 11 is -0.981. The van der Waals surface area contributed by atoms with E-state index in [0.717, 1.165) is 0 Å². The lowest BCUT2D eigenvalue weighted by molar-refractivity contribution is -0.176. The Bertz CT molecular complexity index is 141. The van der Waals surface area contributed by atoms with Crippen molar-refractivity contribution in [1.82, 2.24) is 5.32 Å². The van der Waals surface area contributed by atoms with Crippen LogP contribution in [0, 0.1) is 0 Å². The summed E-state index contributed by atoms with van der Waals surface area (Å²) in [5.41, 5.74) is 0. The van der Waals surface area contributed by atoms with Gasteiger partial charge in [-0.2, -0.15) is 0 Å². The Balaban J connectivity index is 2.96. The molecular formula is C3H6IN2+. The van der Waals surface area contributed by atoms with Crippen molar-refractivity contribution in [3.63, 3.8) is 0 Å². The minimum absolute atomic E-state index is 0.981. The Hall–Kier alpha value is -0.0600. The average molecular weight is 197 g/mol. The molecule has 3 heteroatoms. The van der Waals surface area contributed by atoms with Crippen LogP contribution in [0.2, 0.25) is 0 Å². The lowest BCUT2D eigenvalue weighted by atomic mass is 11.2. The van der Waals surface area contributed by atoms with Gasteiger partial charge in [-0.25, -0.2) is 8.52 Å². The van der Waals surface area contributed by atoms with Crippen molar-refractivity contribution in [3.8, 4) is 0 Å². The van der Waals surface area contributed by atoms with Gasteiger partial charge in [0.2, 0.25) is 6.34 Å². The maximum Gasteiger partial charge on any atom is 0.242 e. The Labute approximate surface area is 43.0 Å². The Morgan fingerprint density at radius 3 is 2.83 bits per heavy atom. The summed E-state index contributed by atoms with van der Waals surface area (Å²) in [6, 6.07) is 0. The molecule has 0 aromatic heterocycles. The van der Waals surface area contributed by atoms with Gasteiger partial charge in [0, 0.05) is 0 Å². The highest BCUT2D eigenvalue weighted by molar-refractivity contribution is 14.2. The van der Waals surface area contributed by atoms with Crippen molar-refractivity contribution in [2.24, 2.45) is 0 Å². The van der Waals surface area contributed by atoms with E-state index in [4.69, 9.17) is 0 Å². The van der Waals surface area contributed by atoms with E-state index in [9.17, 15) is 0 Å². The van der Waals surface area contributed by atoms with Gasteiger partial charge in [-0.05, 0) is 4.51 Å². The summed E-state index contributed by atoms with van der Waals surface area (Å²) in [6.45, 7) is 0.